The Morgan fingerprint density at radius 1 is 1.56 bits per heavy atom. The van der Waals surface area contributed by atoms with E-state index in [1.807, 2.05) is 18.2 Å². The van der Waals surface area contributed by atoms with Crippen LogP contribution < -0.4 is 11.1 Å². The lowest BCUT2D eigenvalue weighted by Crippen LogP contribution is -2.33. The van der Waals surface area contributed by atoms with Crippen LogP contribution in [0.2, 0.25) is 0 Å². The van der Waals surface area contributed by atoms with Crippen LogP contribution in [0.5, 0.6) is 0 Å². The van der Waals surface area contributed by atoms with Gasteiger partial charge < -0.3 is 16.2 Å². The van der Waals surface area contributed by atoms with Crippen LogP contribution in [0, 0.1) is 5.92 Å². The fraction of sp³-hybridized carbons (Fsp3) is 0.538. The molecule has 0 aliphatic rings. The molecule has 0 spiro atoms. The molecule has 0 fully saturated rings. The van der Waals surface area contributed by atoms with E-state index in [0.717, 1.165) is 18.7 Å². The number of nitrogens with two attached hydrogens (primary N) is 1. The second-order valence-electron chi connectivity index (χ2n) is 4.23. The summed E-state index contributed by atoms with van der Waals surface area (Å²) < 4.78 is 0. The number of aliphatic hydroxyl groups excluding tert-OH is 1. The molecule has 1 aromatic rings. The highest BCUT2D eigenvalue weighted by Crippen LogP contribution is 2.06. The van der Waals surface area contributed by atoms with Crippen molar-refractivity contribution in [1.82, 2.24) is 10.3 Å². The zero-order valence-electron chi connectivity index (χ0n) is 10.8. The molecule has 0 amide bonds. The van der Waals surface area contributed by atoms with E-state index in [2.05, 4.69) is 22.2 Å². The lowest BCUT2D eigenvalue weighted by molar-refractivity contribution is 0.229. The van der Waals surface area contributed by atoms with Crippen molar-refractivity contribution >= 4 is 5.96 Å². The summed E-state index contributed by atoms with van der Waals surface area (Å²) in [5.41, 5.74) is 6.66. The van der Waals surface area contributed by atoms with Gasteiger partial charge in [0.25, 0.3) is 0 Å². The largest absolute Gasteiger partial charge is 0.396 e. The Bertz CT molecular complexity index is 353. The van der Waals surface area contributed by atoms with Gasteiger partial charge in [0.2, 0.25) is 0 Å². The van der Waals surface area contributed by atoms with Gasteiger partial charge in [0.15, 0.2) is 5.96 Å². The summed E-state index contributed by atoms with van der Waals surface area (Å²) in [7, 11) is 0. The first-order chi connectivity index (χ1) is 8.76. The van der Waals surface area contributed by atoms with Gasteiger partial charge in [0.05, 0.1) is 0 Å². The Balaban J connectivity index is 2.42. The van der Waals surface area contributed by atoms with Crippen molar-refractivity contribution in [1.29, 1.82) is 0 Å². The van der Waals surface area contributed by atoms with Crippen LogP contribution >= 0.6 is 0 Å². The zero-order valence-corrected chi connectivity index (χ0v) is 10.8. The van der Waals surface area contributed by atoms with Gasteiger partial charge in [0, 0.05) is 37.5 Å². The average Bonchev–Trinajstić information content (AvgIpc) is 2.42. The SMILES string of the molecule is CCCNC(N)=NCC(CO)Cc1ccccn1. The second kappa shape index (κ2) is 8.47. The Kier molecular flexibility index (Phi) is 6.79. The molecule has 18 heavy (non-hydrogen) atoms. The zero-order chi connectivity index (χ0) is 13.2. The smallest absolute Gasteiger partial charge is 0.188 e. The minimum Gasteiger partial charge on any atom is -0.396 e. The monoisotopic (exact) mass is 250 g/mol. The minimum absolute atomic E-state index is 0.0573. The van der Waals surface area contributed by atoms with E-state index in [9.17, 15) is 5.11 Å². The number of aromatic nitrogens is 1. The second-order valence-corrected chi connectivity index (χ2v) is 4.23. The number of rotatable bonds is 7. The van der Waals surface area contributed by atoms with Crippen LogP contribution in [0.25, 0.3) is 0 Å². The van der Waals surface area contributed by atoms with Gasteiger partial charge in [-0.25, -0.2) is 0 Å². The molecule has 1 rings (SSSR count). The van der Waals surface area contributed by atoms with Crippen molar-refractivity contribution in [2.24, 2.45) is 16.6 Å². The van der Waals surface area contributed by atoms with Crippen molar-refractivity contribution in [3.8, 4) is 0 Å². The van der Waals surface area contributed by atoms with Crippen molar-refractivity contribution < 1.29 is 5.11 Å². The normalized spacial score (nSPS) is 13.3. The number of hydrogen-bond donors (Lipinski definition) is 3. The van der Waals surface area contributed by atoms with Crippen molar-refractivity contribution in [3.05, 3.63) is 30.1 Å². The summed E-state index contributed by atoms with van der Waals surface area (Å²) >= 11 is 0. The molecule has 4 N–H and O–H groups in total. The summed E-state index contributed by atoms with van der Waals surface area (Å²) in [4.78, 5) is 8.46. The first-order valence-corrected chi connectivity index (χ1v) is 6.30. The fourth-order valence-corrected chi connectivity index (χ4v) is 1.54. The van der Waals surface area contributed by atoms with E-state index < -0.39 is 0 Å². The van der Waals surface area contributed by atoms with Crippen molar-refractivity contribution in [3.63, 3.8) is 0 Å². The number of pyridine rings is 1. The summed E-state index contributed by atoms with van der Waals surface area (Å²) in [6.45, 7) is 3.48. The van der Waals surface area contributed by atoms with Gasteiger partial charge in [-0.1, -0.05) is 13.0 Å². The molecule has 100 valence electrons. The maximum Gasteiger partial charge on any atom is 0.188 e. The van der Waals surface area contributed by atoms with E-state index in [1.165, 1.54) is 0 Å². The lowest BCUT2D eigenvalue weighted by atomic mass is 10.0. The third-order valence-electron chi connectivity index (χ3n) is 2.56. The van der Waals surface area contributed by atoms with Crippen LogP contribution in [0.3, 0.4) is 0 Å². The van der Waals surface area contributed by atoms with E-state index in [4.69, 9.17) is 5.73 Å². The maximum absolute atomic E-state index is 9.32. The molecule has 0 radical (unpaired) electrons. The topological polar surface area (TPSA) is 83.5 Å². The average molecular weight is 250 g/mol. The van der Waals surface area contributed by atoms with Crippen LogP contribution in [0.1, 0.15) is 19.0 Å². The number of hydrogen-bond acceptors (Lipinski definition) is 3. The highest BCUT2D eigenvalue weighted by molar-refractivity contribution is 5.77. The molecule has 0 aromatic carbocycles. The third-order valence-corrected chi connectivity index (χ3v) is 2.56. The molecule has 0 saturated heterocycles. The van der Waals surface area contributed by atoms with Crippen LogP contribution in [0.15, 0.2) is 29.4 Å². The molecule has 5 nitrogen and oxygen atoms in total. The van der Waals surface area contributed by atoms with Crippen LogP contribution in [0.4, 0.5) is 0 Å². The standard InChI is InChI=1S/C13H22N4O/c1-2-6-16-13(14)17-9-11(10-18)8-12-5-3-4-7-15-12/h3-5,7,11,18H,2,6,8-10H2,1H3,(H3,14,16,17). The van der Waals surface area contributed by atoms with Gasteiger partial charge in [-0.15, -0.1) is 0 Å². The third kappa shape index (κ3) is 5.63. The molecular weight excluding hydrogens is 228 g/mol. The predicted molar refractivity (Wildman–Crippen MR) is 73.3 cm³/mol. The highest BCUT2D eigenvalue weighted by Gasteiger charge is 2.08. The van der Waals surface area contributed by atoms with E-state index in [-0.39, 0.29) is 12.5 Å². The Morgan fingerprint density at radius 3 is 3.00 bits per heavy atom. The lowest BCUT2D eigenvalue weighted by Gasteiger charge is -2.11. The molecule has 0 aliphatic carbocycles. The first-order valence-electron chi connectivity index (χ1n) is 6.30. The molecule has 1 heterocycles. The van der Waals surface area contributed by atoms with Gasteiger partial charge in [-0.3, -0.25) is 9.98 Å². The molecule has 0 saturated carbocycles. The quantitative estimate of drug-likeness (QED) is 0.487. The fourth-order valence-electron chi connectivity index (χ4n) is 1.54. The summed E-state index contributed by atoms with van der Waals surface area (Å²) in [6, 6.07) is 5.77. The molecule has 1 aromatic heterocycles. The maximum atomic E-state index is 9.32. The van der Waals surface area contributed by atoms with E-state index in [0.29, 0.717) is 18.9 Å². The van der Waals surface area contributed by atoms with Gasteiger partial charge in [-0.2, -0.15) is 0 Å². The Labute approximate surface area is 108 Å². The summed E-state index contributed by atoms with van der Waals surface area (Å²) in [5.74, 6) is 0.498. The predicted octanol–water partition coefficient (Wildman–Crippen LogP) is 0.547. The Morgan fingerprint density at radius 2 is 2.39 bits per heavy atom. The highest BCUT2D eigenvalue weighted by atomic mass is 16.3. The number of nitrogens with zero attached hydrogens (tertiary/aromatic N) is 2. The van der Waals surface area contributed by atoms with Crippen molar-refractivity contribution in [2.45, 2.75) is 19.8 Å². The molecule has 1 atom stereocenters. The number of nitrogens with one attached hydrogen (secondary N) is 1. The van der Waals surface area contributed by atoms with Crippen LogP contribution in [-0.2, 0) is 6.42 Å². The van der Waals surface area contributed by atoms with Gasteiger partial charge >= 0.3 is 0 Å². The van der Waals surface area contributed by atoms with Crippen LogP contribution in [-0.4, -0.2) is 35.7 Å². The van der Waals surface area contributed by atoms with E-state index >= 15 is 0 Å². The van der Waals surface area contributed by atoms with Gasteiger partial charge in [0.1, 0.15) is 0 Å². The summed E-state index contributed by atoms with van der Waals surface area (Å²) in [5, 5.41) is 12.3. The molecule has 0 aliphatic heterocycles. The van der Waals surface area contributed by atoms with Gasteiger partial charge in [-0.05, 0) is 25.0 Å². The van der Waals surface area contributed by atoms with Crippen molar-refractivity contribution in [2.75, 3.05) is 19.7 Å². The number of aliphatic hydroxyl groups is 1. The first kappa shape index (κ1) is 14.4. The minimum atomic E-state index is 0.0573. The van der Waals surface area contributed by atoms with E-state index in [1.54, 1.807) is 6.20 Å². The Hall–Kier alpha value is -1.62. The molecular formula is C13H22N4O. The number of aliphatic imine (C=N–C) groups is 1. The number of guanidine groups is 1. The molecule has 5 heteroatoms. The molecule has 0 bridgehead atoms. The summed E-state index contributed by atoms with van der Waals surface area (Å²) in [6.07, 6.45) is 3.47. The molecule has 1 unspecified atom stereocenters.